The molecule has 1 aromatic carbocycles. The van der Waals surface area contributed by atoms with Crippen LogP contribution in [-0.4, -0.2) is 31.3 Å². The highest BCUT2D eigenvalue weighted by atomic mass is 35.5. The van der Waals surface area contributed by atoms with E-state index in [1.165, 1.54) is 18.9 Å². The van der Waals surface area contributed by atoms with Gasteiger partial charge >= 0.3 is 0 Å². The summed E-state index contributed by atoms with van der Waals surface area (Å²) in [7, 11) is 0. The monoisotopic (exact) mass is 463 g/mol. The van der Waals surface area contributed by atoms with Crippen LogP contribution >= 0.6 is 11.6 Å². The molecule has 4 heterocycles. The lowest BCUT2D eigenvalue weighted by molar-refractivity contribution is 0.00396. The summed E-state index contributed by atoms with van der Waals surface area (Å²) in [5.74, 6) is 0.341. The third-order valence-corrected chi connectivity index (χ3v) is 6.70. The fraction of sp³-hybridized carbons (Fsp3) is 0.360. The van der Waals surface area contributed by atoms with Crippen molar-refractivity contribution >= 4 is 22.6 Å². The Morgan fingerprint density at radius 3 is 2.79 bits per heavy atom. The normalized spacial score (nSPS) is 20.9. The first-order valence-electron chi connectivity index (χ1n) is 11.3. The molecule has 3 aromatic heterocycles. The smallest absolute Gasteiger partial charge is 0.163 e. The van der Waals surface area contributed by atoms with Gasteiger partial charge in [0.25, 0.3) is 0 Å². The minimum absolute atomic E-state index is 0.0586. The molecule has 2 aliphatic rings. The standard InChI is InChI=1S/C25H23ClFN5O/c1-14-2-6-20-23(19-7-3-17(26)11-21(19)27)30-24(31-25(20)29-14)15-8-9-33-22(10-15)16-12-28-32(13-16)18-4-5-18/h2-3,6-7,11-13,15,18,22H,4-5,8-10H2,1H3/t15-,22+/m0/s1. The van der Waals surface area contributed by atoms with Crippen LogP contribution in [-0.2, 0) is 4.74 Å². The van der Waals surface area contributed by atoms with Crippen LogP contribution in [0.2, 0.25) is 5.02 Å². The second-order valence-electron chi connectivity index (χ2n) is 8.94. The Kier molecular flexibility index (Phi) is 5.11. The highest BCUT2D eigenvalue weighted by Gasteiger charge is 2.31. The van der Waals surface area contributed by atoms with Crippen molar-refractivity contribution in [1.29, 1.82) is 0 Å². The molecule has 8 heteroatoms. The number of benzene rings is 1. The average Bonchev–Trinajstić information content (AvgIpc) is 3.54. The molecule has 6 nitrogen and oxygen atoms in total. The van der Waals surface area contributed by atoms with Crippen LogP contribution in [0, 0.1) is 12.7 Å². The molecule has 0 bridgehead atoms. The first-order valence-corrected chi connectivity index (χ1v) is 11.7. The van der Waals surface area contributed by atoms with Crippen molar-refractivity contribution in [2.45, 2.75) is 50.7 Å². The maximum atomic E-state index is 14.9. The number of nitrogens with zero attached hydrogens (tertiary/aromatic N) is 5. The maximum absolute atomic E-state index is 14.9. The second-order valence-corrected chi connectivity index (χ2v) is 9.38. The highest BCUT2D eigenvalue weighted by Crippen LogP contribution is 2.40. The van der Waals surface area contributed by atoms with Gasteiger partial charge in [-0.25, -0.2) is 19.3 Å². The zero-order valence-corrected chi connectivity index (χ0v) is 19.0. The van der Waals surface area contributed by atoms with Gasteiger partial charge in [-0.05, 0) is 62.9 Å². The lowest BCUT2D eigenvalue weighted by Crippen LogP contribution is -2.20. The van der Waals surface area contributed by atoms with Crippen molar-refractivity contribution in [3.63, 3.8) is 0 Å². The summed E-state index contributed by atoms with van der Waals surface area (Å²) in [4.78, 5) is 14.3. The molecule has 0 spiro atoms. The molecular formula is C25H23ClFN5O. The average molecular weight is 464 g/mol. The molecule has 2 fully saturated rings. The van der Waals surface area contributed by atoms with Crippen LogP contribution in [0.25, 0.3) is 22.3 Å². The predicted octanol–water partition coefficient (Wildman–Crippen LogP) is 5.96. The van der Waals surface area contributed by atoms with Gasteiger partial charge in [0, 0.05) is 46.0 Å². The molecule has 0 radical (unpaired) electrons. The van der Waals surface area contributed by atoms with Gasteiger partial charge < -0.3 is 4.74 Å². The molecule has 6 rings (SSSR count). The lowest BCUT2D eigenvalue weighted by Gasteiger charge is -2.28. The van der Waals surface area contributed by atoms with Gasteiger partial charge in [0.1, 0.15) is 11.6 Å². The van der Waals surface area contributed by atoms with Crippen LogP contribution < -0.4 is 0 Å². The van der Waals surface area contributed by atoms with E-state index in [9.17, 15) is 4.39 Å². The molecular weight excluding hydrogens is 441 g/mol. The Hall–Kier alpha value is -2.90. The van der Waals surface area contributed by atoms with E-state index in [-0.39, 0.29) is 12.0 Å². The van der Waals surface area contributed by atoms with E-state index in [1.54, 1.807) is 12.1 Å². The minimum atomic E-state index is -0.411. The maximum Gasteiger partial charge on any atom is 0.163 e. The fourth-order valence-corrected chi connectivity index (χ4v) is 4.67. The number of rotatable bonds is 4. The van der Waals surface area contributed by atoms with E-state index < -0.39 is 5.82 Å². The van der Waals surface area contributed by atoms with Crippen molar-refractivity contribution in [2.75, 3.05) is 6.61 Å². The molecule has 1 aliphatic heterocycles. The Morgan fingerprint density at radius 1 is 1.09 bits per heavy atom. The van der Waals surface area contributed by atoms with E-state index in [1.807, 2.05) is 29.9 Å². The first-order chi connectivity index (χ1) is 16.0. The molecule has 33 heavy (non-hydrogen) atoms. The molecule has 168 valence electrons. The summed E-state index contributed by atoms with van der Waals surface area (Å²) in [5, 5.41) is 5.59. The Labute approximate surface area is 195 Å². The molecule has 1 saturated heterocycles. The van der Waals surface area contributed by atoms with Crippen LogP contribution in [0.1, 0.15) is 60.8 Å². The van der Waals surface area contributed by atoms with Crippen molar-refractivity contribution < 1.29 is 9.13 Å². The lowest BCUT2D eigenvalue weighted by atomic mass is 9.92. The Morgan fingerprint density at radius 2 is 1.97 bits per heavy atom. The number of hydrogen-bond donors (Lipinski definition) is 0. The quantitative estimate of drug-likeness (QED) is 0.373. The van der Waals surface area contributed by atoms with Crippen LogP contribution in [0.5, 0.6) is 0 Å². The summed E-state index contributed by atoms with van der Waals surface area (Å²) in [6.45, 7) is 2.53. The van der Waals surface area contributed by atoms with Gasteiger partial charge in [-0.3, -0.25) is 4.68 Å². The molecule has 2 atom stereocenters. The van der Waals surface area contributed by atoms with E-state index in [4.69, 9.17) is 26.3 Å². The molecule has 1 aliphatic carbocycles. The number of ether oxygens (including phenoxy) is 1. The number of halogens is 2. The molecule has 0 N–H and O–H groups in total. The predicted molar refractivity (Wildman–Crippen MR) is 124 cm³/mol. The van der Waals surface area contributed by atoms with Crippen molar-refractivity contribution in [3.8, 4) is 11.3 Å². The van der Waals surface area contributed by atoms with Crippen molar-refractivity contribution in [2.24, 2.45) is 0 Å². The van der Waals surface area contributed by atoms with Crippen LogP contribution in [0.15, 0.2) is 42.7 Å². The summed E-state index contributed by atoms with van der Waals surface area (Å²) in [6.07, 6.45) is 7.88. The summed E-state index contributed by atoms with van der Waals surface area (Å²) in [5.41, 5.74) is 3.46. The molecule has 1 saturated carbocycles. The summed E-state index contributed by atoms with van der Waals surface area (Å²) >= 11 is 5.99. The van der Waals surface area contributed by atoms with Gasteiger partial charge in [0.2, 0.25) is 0 Å². The molecule has 0 unspecified atom stereocenters. The SMILES string of the molecule is Cc1ccc2c(-c3ccc(Cl)cc3F)nc([C@H]3CCO[C@@H](c4cnn(C5CC5)c4)C3)nc2n1. The summed E-state index contributed by atoms with van der Waals surface area (Å²) in [6, 6.07) is 9.00. The minimum Gasteiger partial charge on any atom is -0.373 e. The van der Waals surface area contributed by atoms with Gasteiger partial charge in [-0.1, -0.05) is 11.6 Å². The van der Waals surface area contributed by atoms with Gasteiger partial charge in [-0.2, -0.15) is 5.10 Å². The highest BCUT2D eigenvalue weighted by molar-refractivity contribution is 6.30. The Balaban J connectivity index is 1.39. The summed E-state index contributed by atoms with van der Waals surface area (Å²) < 4.78 is 23.0. The number of hydrogen-bond acceptors (Lipinski definition) is 5. The number of aromatic nitrogens is 5. The van der Waals surface area contributed by atoms with E-state index in [0.717, 1.165) is 29.5 Å². The van der Waals surface area contributed by atoms with Crippen molar-refractivity contribution in [3.05, 3.63) is 70.6 Å². The van der Waals surface area contributed by atoms with Crippen molar-refractivity contribution in [1.82, 2.24) is 24.7 Å². The van der Waals surface area contributed by atoms with E-state index >= 15 is 0 Å². The molecule has 4 aromatic rings. The number of pyridine rings is 1. The van der Waals surface area contributed by atoms with E-state index in [0.29, 0.717) is 40.4 Å². The largest absolute Gasteiger partial charge is 0.373 e. The zero-order chi connectivity index (χ0) is 22.5. The van der Waals surface area contributed by atoms with Gasteiger partial charge in [0.05, 0.1) is 24.0 Å². The van der Waals surface area contributed by atoms with Gasteiger partial charge in [0.15, 0.2) is 5.65 Å². The first kappa shape index (κ1) is 20.7. The Bertz CT molecular complexity index is 1350. The molecule has 0 amide bonds. The number of aryl methyl sites for hydroxylation is 1. The third-order valence-electron chi connectivity index (χ3n) is 6.47. The van der Waals surface area contributed by atoms with Crippen LogP contribution in [0.3, 0.4) is 0 Å². The third kappa shape index (κ3) is 4.00. The van der Waals surface area contributed by atoms with E-state index in [2.05, 4.69) is 16.3 Å². The fourth-order valence-electron chi connectivity index (χ4n) is 4.51. The number of fused-ring (bicyclic) bond motifs is 1. The second kappa shape index (κ2) is 8.15. The zero-order valence-electron chi connectivity index (χ0n) is 18.2. The topological polar surface area (TPSA) is 65.7 Å². The van der Waals surface area contributed by atoms with Gasteiger partial charge in [-0.15, -0.1) is 0 Å². The van der Waals surface area contributed by atoms with Crippen LogP contribution in [0.4, 0.5) is 4.39 Å².